The number of rotatable bonds is 1. The number of nitrogens with one attached hydrogen (secondary N) is 1. The number of benzene rings is 1. The van der Waals surface area contributed by atoms with E-state index in [4.69, 9.17) is 0 Å². The quantitative estimate of drug-likeness (QED) is 0.754. The molecular weight excluding hydrogens is 194 g/mol. The van der Waals surface area contributed by atoms with Crippen LogP contribution in [-0.4, -0.2) is 13.1 Å². The number of halogens is 1. The molecule has 0 aromatic heterocycles. The van der Waals surface area contributed by atoms with Crippen LogP contribution in [-0.2, 0) is 0 Å². The lowest BCUT2D eigenvalue weighted by atomic mass is 9.92. The molecule has 2 rings (SSSR count). The minimum absolute atomic E-state index is 0. The highest BCUT2D eigenvalue weighted by Crippen LogP contribution is 2.26. The molecule has 0 saturated carbocycles. The van der Waals surface area contributed by atoms with Crippen molar-refractivity contribution < 1.29 is 0 Å². The van der Waals surface area contributed by atoms with Gasteiger partial charge in [-0.15, -0.1) is 12.4 Å². The third-order valence-corrected chi connectivity index (χ3v) is 3.15. The van der Waals surface area contributed by atoms with Crippen LogP contribution in [0.4, 0.5) is 0 Å². The molecule has 0 spiro atoms. The Morgan fingerprint density at radius 2 is 2.07 bits per heavy atom. The molecule has 2 heteroatoms. The Bertz CT molecular complexity index is 303. The van der Waals surface area contributed by atoms with E-state index in [-0.39, 0.29) is 12.4 Å². The second-order valence-corrected chi connectivity index (χ2v) is 3.98. The topological polar surface area (TPSA) is 12.0 Å². The summed E-state index contributed by atoms with van der Waals surface area (Å²) in [6, 6.07) is 6.65. The van der Waals surface area contributed by atoms with Gasteiger partial charge in [0, 0.05) is 6.54 Å². The summed E-state index contributed by atoms with van der Waals surface area (Å²) in [7, 11) is 0. The summed E-state index contributed by atoms with van der Waals surface area (Å²) < 4.78 is 0. The van der Waals surface area contributed by atoms with E-state index in [1.807, 2.05) is 0 Å². The smallest absolute Gasteiger partial charge is 0.00207 e. The fourth-order valence-electron chi connectivity index (χ4n) is 2.14. The molecule has 78 valence electrons. The highest BCUT2D eigenvalue weighted by atomic mass is 35.5. The van der Waals surface area contributed by atoms with E-state index in [0.29, 0.717) is 0 Å². The Balaban J connectivity index is 0.000000980. The molecule has 1 aliphatic rings. The van der Waals surface area contributed by atoms with Crippen LogP contribution < -0.4 is 5.32 Å². The fourth-order valence-corrected chi connectivity index (χ4v) is 2.14. The Labute approximate surface area is 92.3 Å². The molecule has 1 unspecified atom stereocenters. The Morgan fingerprint density at radius 1 is 1.29 bits per heavy atom. The van der Waals surface area contributed by atoms with Crippen molar-refractivity contribution in [3.8, 4) is 0 Å². The van der Waals surface area contributed by atoms with Gasteiger partial charge in [0.1, 0.15) is 0 Å². The third-order valence-electron chi connectivity index (χ3n) is 3.15. The largest absolute Gasteiger partial charge is 0.316 e. The zero-order valence-corrected chi connectivity index (χ0v) is 9.66. The first kappa shape index (κ1) is 11.5. The lowest BCUT2D eigenvalue weighted by Crippen LogP contribution is -2.09. The molecule has 0 amide bonds. The number of aryl methyl sites for hydroxylation is 1. The molecule has 1 aromatic carbocycles. The molecule has 1 aliphatic heterocycles. The first-order chi connectivity index (χ1) is 6.29. The van der Waals surface area contributed by atoms with Gasteiger partial charge in [0.05, 0.1) is 0 Å². The Kier molecular flexibility index (Phi) is 3.97. The predicted octanol–water partition coefficient (Wildman–Crippen LogP) is 2.80. The van der Waals surface area contributed by atoms with Gasteiger partial charge in [-0.25, -0.2) is 0 Å². The van der Waals surface area contributed by atoms with Crippen molar-refractivity contribution in [1.82, 2.24) is 5.32 Å². The second kappa shape index (κ2) is 4.81. The highest BCUT2D eigenvalue weighted by molar-refractivity contribution is 5.85. The van der Waals surface area contributed by atoms with E-state index < -0.39 is 0 Å². The predicted molar refractivity (Wildman–Crippen MR) is 63.4 cm³/mol. The average molecular weight is 212 g/mol. The molecule has 0 bridgehead atoms. The van der Waals surface area contributed by atoms with E-state index >= 15 is 0 Å². The van der Waals surface area contributed by atoms with Gasteiger partial charge in [-0.1, -0.05) is 18.2 Å². The minimum Gasteiger partial charge on any atom is -0.316 e. The van der Waals surface area contributed by atoms with Crippen LogP contribution in [0, 0.1) is 13.8 Å². The average Bonchev–Trinajstić information content (AvgIpc) is 2.62. The van der Waals surface area contributed by atoms with Gasteiger partial charge in [-0.3, -0.25) is 0 Å². The van der Waals surface area contributed by atoms with Gasteiger partial charge in [-0.05, 0) is 49.4 Å². The molecule has 1 nitrogen and oxygen atoms in total. The van der Waals surface area contributed by atoms with Crippen LogP contribution in [0.2, 0.25) is 0 Å². The summed E-state index contributed by atoms with van der Waals surface area (Å²) in [6.07, 6.45) is 1.30. The summed E-state index contributed by atoms with van der Waals surface area (Å²) >= 11 is 0. The van der Waals surface area contributed by atoms with Crippen molar-refractivity contribution in [3.63, 3.8) is 0 Å². The maximum absolute atomic E-state index is 3.42. The van der Waals surface area contributed by atoms with Gasteiger partial charge < -0.3 is 5.32 Å². The van der Waals surface area contributed by atoms with Crippen LogP contribution in [0.3, 0.4) is 0 Å². The molecule has 1 atom stereocenters. The van der Waals surface area contributed by atoms with Crippen LogP contribution in [0.5, 0.6) is 0 Å². The van der Waals surface area contributed by atoms with Gasteiger partial charge >= 0.3 is 0 Å². The van der Waals surface area contributed by atoms with Gasteiger partial charge in [-0.2, -0.15) is 0 Å². The van der Waals surface area contributed by atoms with E-state index in [1.54, 1.807) is 5.56 Å². The lowest BCUT2D eigenvalue weighted by Gasteiger charge is -2.13. The van der Waals surface area contributed by atoms with Crippen LogP contribution >= 0.6 is 12.4 Å². The van der Waals surface area contributed by atoms with E-state index in [9.17, 15) is 0 Å². The monoisotopic (exact) mass is 211 g/mol. The maximum atomic E-state index is 3.42. The Morgan fingerprint density at radius 3 is 2.71 bits per heavy atom. The summed E-state index contributed by atoms with van der Waals surface area (Å²) in [6.45, 7) is 6.77. The maximum Gasteiger partial charge on any atom is 0.00207 e. The standard InChI is InChI=1S/C12H17N.ClH/c1-9-4-3-5-12(10(9)2)11-6-7-13-8-11;/h3-5,11,13H,6-8H2,1-2H3;1H. The van der Waals surface area contributed by atoms with Crippen LogP contribution in [0.25, 0.3) is 0 Å². The van der Waals surface area contributed by atoms with E-state index in [0.717, 1.165) is 12.5 Å². The normalized spacial score (nSPS) is 20.6. The van der Waals surface area contributed by atoms with Gasteiger partial charge in [0.25, 0.3) is 0 Å². The molecule has 1 heterocycles. The third kappa shape index (κ3) is 2.10. The molecule has 0 aliphatic carbocycles. The summed E-state index contributed by atoms with van der Waals surface area (Å²) in [4.78, 5) is 0. The van der Waals surface area contributed by atoms with Crippen molar-refractivity contribution in [2.24, 2.45) is 0 Å². The summed E-state index contributed by atoms with van der Waals surface area (Å²) in [5, 5.41) is 3.42. The number of hydrogen-bond acceptors (Lipinski definition) is 1. The highest BCUT2D eigenvalue weighted by Gasteiger charge is 2.18. The lowest BCUT2D eigenvalue weighted by molar-refractivity contribution is 0.756. The van der Waals surface area contributed by atoms with Gasteiger partial charge in [0.2, 0.25) is 0 Å². The van der Waals surface area contributed by atoms with E-state index in [2.05, 4.69) is 37.4 Å². The zero-order chi connectivity index (χ0) is 9.26. The second-order valence-electron chi connectivity index (χ2n) is 3.98. The molecule has 1 aromatic rings. The molecule has 1 N–H and O–H groups in total. The van der Waals surface area contributed by atoms with Crippen LogP contribution in [0.1, 0.15) is 29.0 Å². The summed E-state index contributed by atoms with van der Waals surface area (Å²) in [5.41, 5.74) is 4.45. The molecule has 1 fully saturated rings. The SMILES string of the molecule is Cc1cccc(C2CCNC2)c1C.Cl. The fraction of sp³-hybridized carbons (Fsp3) is 0.500. The van der Waals surface area contributed by atoms with Crippen molar-refractivity contribution in [2.75, 3.05) is 13.1 Å². The molecular formula is C12H18ClN. The summed E-state index contributed by atoms with van der Waals surface area (Å²) in [5.74, 6) is 0.750. The minimum atomic E-state index is 0. The number of hydrogen-bond donors (Lipinski definition) is 1. The molecule has 1 saturated heterocycles. The first-order valence-electron chi connectivity index (χ1n) is 5.06. The van der Waals surface area contributed by atoms with Crippen LogP contribution in [0.15, 0.2) is 18.2 Å². The van der Waals surface area contributed by atoms with Crippen molar-refractivity contribution in [3.05, 3.63) is 34.9 Å². The Hall–Kier alpha value is -0.530. The first-order valence-corrected chi connectivity index (χ1v) is 5.06. The van der Waals surface area contributed by atoms with Crippen molar-refractivity contribution in [1.29, 1.82) is 0 Å². The molecule has 14 heavy (non-hydrogen) atoms. The van der Waals surface area contributed by atoms with Crippen molar-refractivity contribution in [2.45, 2.75) is 26.2 Å². The van der Waals surface area contributed by atoms with Crippen molar-refractivity contribution >= 4 is 12.4 Å². The van der Waals surface area contributed by atoms with Gasteiger partial charge in [0.15, 0.2) is 0 Å². The van der Waals surface area contributed by atoms with E-state index in [1.165, 1.54) is 24.1 Å². The zero-order valence-electron chi connectivity index (χ0n) is 8.84. The molecule has 0 radical (unpaired) electrons.